The van der Waals surface area contributed by atoms with Crippen LogP contribution in [0.25, 0.3) is 6.08 Å². The van der Waals surface area contributed by atoms with Crippen molar-refractivity contribution in [2.45, 2.75) is 16.7 Å². The normalized spacial score (nSPS) is 15.0. The molecule has 4 rings (SSSR count). The Morgan fingerprint density at radius 3 is 2.16 bits per heavy atom. The molecule has 0 saturated carbocycles. The summed E-state index contributed by atoms with van der Waals surface area (Å²) >= 11 is 2.52. The van der Waals surface area contributed by atoms with Gasteiger partial charge in [-0.1, -0.05) is 71.9 Å². The van der Waals surface area contributed by atoms with Crippen LogP contribution in [-0.4, -0.2) is 28.4 Å². The molecule has 0 aromatic heterocycles. The highest BCUT2D eigenvalue weighted by atomic mass is 32.2. The van der Waals surface area contributed by atoms with Gasteiger partial charge < -0.3 is 0 Å². The van der Waals surface area contributed by atoms with Crippen molar-refractivity contribution in [2.24, 2.45) is 0 Å². The van der Waals surface area contributed by atoms with Crippen LogP contribution in [-0.2, 0) is 4.79 Å². The van der Waals surface area contributed by atoms with Gasteiger partial charge in [0.2, 0.25) is 0 Å². The van der Waals surface area contributed by atoms with E-state index in [0.717, 1.165) is 32.0 Å². The predicted molar refractivity (Wildman–Crippen MR) is 125 cm³/mol. The molecule has 1 heterocycles. The van der Waals surface area contributed by atoms with E-state index < -0.39 is 11.1 Å². The molecule has 1 fully saturated rings. The minimum Gasteiger partial charge on any atom is -0.292 e. The maximum absolute atomic E-state index is 12.7. The highest BCUT2D eigenvalue weighted by Crippen LogP contribution is 2.33. The van der Waals surface area contributed by atoms with Crippen LogP contribution in [0, 0.1) is 6.92 Å². The molecule has 6 heteroatoms. The van der Waals surface area contributed by atoms with Gasteiger partial charge in [0.05, 0.1) is 11.4 Å². The third-order valence-electron chi connectivity index (χ3n) is 4.71. The number of benzene rings is 3. The molecule has 0 N–H and O–H groups in total. The van der Waals surface area contributed by atoms with Crippen molar-refractivity contribution < 1.29 is 14.4 Å². The van der Waals surface area contributed by atoms with Gasteiger partial charge in [0.25, 0.3) is 11.1 Å². The van der Waals surface area contributed by atoms with Crippen LogP contribution < -0.4 is 0 Å². The van der Waals surface area contributed by atoms with E-state index in [4.69, 9.17) is 0 Å². The third kappa shape index (κ3) is 5.16. The van der Waals surface area contributed by atoms with E-state index in [1.807, 2.05) is 30.3 Å². The molecule has 0 aliphatic carbocycles. The molecule has 0 bridgehead atoms. The van der Waals surface area contributed by atoms with Crippen molar-refractivity contribution in [1.29, 1.82) is 0 Å². The Kier molecular flexibility index (Phi) is 6.39. The van der Waals surface area contributed by atoms with Gasteiger partial charge in [0.1, 0.15) is 0 Å². The van der Waals surface area contributed by atoms with Gasteiger partial charge >= 0.3 is 0 Å². The van der Waals surface area contributed by atoms with Gasteiger partial charge in [-0.25, -0.2) is 0 Å². The third-order valence-corrected chi connectivity index (χ3v) is 6.63. The number of imide groups is 1. The van der Waals surface area contributed by atoms with Gasteiger partial charge in [-0.3, -0.25) is 19.3 Å². The smallest absolute Gasteiger partial charge is 0.292 e. The Hall–Kier alpha value is -3.09. The Morgan fingerprint density at radius 1 is 0.903 bits per heavy atom. The number of carbonyl (C=O) groups is 3. The van der Waals surface area contributed by atoms with Gasteiger partial charge in [0, 0.05) is 15.4 Å². The Balaban J connectivity index is 1.43. The first-order valence-corrected chi connectivity index (χ1v) is 11.3. The molecule has 0 radical (unpaired) electrons. The summed E-state index contributed by atoms with van der Waals surface area (Å²) < 4.78 is 0. The molecule has 1 saturated heterocycles. The molecule has 0 unspecified atom stereocenters. The quantitative estimate of drug-likeness (QED) is 0.341. The van der Waals surface area contributed by atoms with Crippen molar-refractivity contribution in [3.05, 3.63) is 100 Å². The summed E-state index contributed by atoms with van der Waals surface area (Å²) in [6, 6.07) is 24.8. The number of carbonyl (C=O) groups excluding carboxylic acids is 3. The molecule has 3 aromatic carbocycles. The monoisotopic (exact) mass is 445 g/mol. The van der Waals surface area contributed by atoms with Crippen LogP contribution in [0.4, 0.5) is 4.79 Å². The molecule has 1 aliphatic rings. The van der Waals surface area contributed by atoms with Crippen molar-refractivity contribution in [3.8, 4) is 0 Å². The average Bonchev–Trinajstić information content (AvgIpc) is 3.04. The Labute approximate surface area is 189 Å². The van der Waals surface area contributed by atoms with Crippen LogP contribution in [0.3, 0.4) is 0 Å². The zero-order valence-electron chi connectivity index (χ0n) is 16.8. The Bertz CT molecular complexity index is 1150. The van der Waals surface area contributed by atoms with Gasteiger partial charge in [-0.15, -0.1) is 0 Å². The number of amides is 2. The fraction of sp³-hybridized carbons (Fsp3) is 0.0800. The molecule has 0 spiro atoms. The summed E-state index contributed by atoms with van der Waals surface area (Å²) in [7, 11) is 0. The number of nitrogens with zero attached hydrogens (tertiary/aromatic N) is 1. The summed E-state index contributed by atoms with van der Waals surface area (Å²) in [6.45, 7) is 1.81. The average molecular weight is 446 g/mol. The van der Waals surface area contributed by atoms with Crippen LogP contribution in [0.2, 0.25) is 0 Å². The number of ketones is 1. The number of Topliss-reactive ketones (excluding diaryl/α,β-unsaturated/α-hetero) is 1. The second kappa shape index (κ2) is 9.37. The molecule has 4 nitrogen and oxygen atoms in total. The molecule has 31 heavy (non-hydrogen) atoms. The topological polar surface area (TPSA) is 54.5 Å². The minimum absolute atomic E-state index is 0.252. The number of hydrogen-bond donors (Lipinski definition) is 0. The van der Waals surface area contributed by atoms with E-state index in [9.17, 15) is 14.4 Å². The fourth-order valence-corrected chi connectivity index (χ4v) is 4.68. The molecular weight excluding hydrogens is 426 g/mol. The van der Waals surface area contributed by atoms with Crippen LogP contribution in [0.15, 0.2) is 93.6 Å². The van der Waals surface area contributed by atoms with E-state index in [-0.39, 0.29) is 12.3 Å². The molecular formula is C25H19NO3S2. The zero-order chi connectivity index (χ0) is 21.8. The number of rotatable bonds is 6. The van der Waals surface area contributed by atoms with Gasteiger partial charge in [-0.2, -0.15) is 0 Å². The highest BCUT2D eigenvalue weighted by Gasteiger charge is 2.36. The zero-order valence-corrected chi connectivity index (χ0v) is 18.4. The first-order valence-electron chi connectivity index (χ1n) is 9.68. The molecule has 0 atom stereocenters. The summed E-state index contributed by atoms with van der Waals surface area (Å²) in [4.78, 5) is 40.9. The second-order valence-corrected chi connectivity index (χ2v) is 9.18. The summed E-state index contributed by atoms with van der Waals surface area (Å²) in [5, 5.41) is -0.424. The molecule has 1 aliphatic heterocycles. The van der Waals surface area contributed by atoms with Crippen molar-refractivity contribution in [3.63, 3.8) is 0 Å². The lowest BCUT2D eigenvalue weighted by Gasteiger charge is -2.11. The second-order valence-electron chi connectivity index (χ2n) is 7.04. The molecule has 3 aromatic rings. The number of hydrogen-bond acceptors (Lipinski definition) is 5. The van der Waals surface area contributed by atoms with Crippen LogP contribution >= 0.6 is 23.5 Å². The number of thioether (sulfide) groups is 1. The summed E-state index contributed by atoms with van der Waals surface area (Å²) in [5.41, 5.74) is 2.53. The van der Waals surface area contributed by atoms with Crippen molar-refractivity contribution >= 4 is 46.5 Å². The van der Waals surface area contributed by atoms with Gasteiger partial charge in [-0.05, 0) is 54.6 Å². The van der Waals surface area contributed by atoms with E-state index in [1.54, 1.807) is 42.1 Å². The highest BCUT2D eigenvalue weighted by molar-refractivity contribution is 8.18. The lowest BCUT2D eigenvalue weighted by atomic mass is 10.1. The van der Waals surface area contributed by atoms with Crippen molar-refractivity contribution in [2.75, 3.05) is 6.54 Å². The molecule has 2 amide bonds. The fourth-order valence-electron chi connectivity index (χ4n) is 3.02. The maximum atomic E-state index is 12.7. The van der Waals surface area contributed by atoms with Crippen molar-refractivity contribution in [1.82, 2.24) is 4.90 Å². The van der Waals surface area contributed by atoms with E-state index in [2.05, 4.69) is 31.2 Å². The minimum atomic E-state index is -0.433. The largest absolute Gasteiger partial charge is 0.293 e. The SMILES string of the molecule is Cc1ccc(Sc2ccc(/C=C3\SC(=O)N(CC(=O)c4ccccc4)C3=O)cc2)cc1. The van der Waals surface area contributed by atoms with E-state index in [0.29, 0.717) is 10.5 Å². The van der Waals surface area contributed by atoms with E-state index in [1.165, 1.54) is 5.56 Å². The van der Waals surface area contributed by atoms with Crippen LogP contribution in [0.1, 0.15) is 21.5 Å². The molecule has 154 valence electrons. The Morgan fingerprint density at radius 2 is 1.52 bits per heavy atom. The lowest BCUT2D eigenvalue weighted by Crippen LogP contribution is -2.33. The lowest BCUT2D eigenvalue weighted by molar-refractivity contribution is -0.122. The maximum Gasteiger partial charge on any atom is 0.293 e. The van der Waals surface area contributed by atoms with E-state index >= 15 is 0 Å². The van der Waals surface area contributed by atoms with Crippen LogP contribution in [0.5, 0.6) is 0 Å². The summed E-state index contributed by atoms with van der Waals surface area (Å²) in [6.07, 6.45) is 1.69. The standard InChI is InChI=1S/C25H19NO3S2/c1-17-7-11-20(12-8-17)30-21-13-9-18(10-14-21)15-23-24(28)26(25(29)31-23)16-22(27)19-5-3-2-4-6-19/h2-15H,16H2,1H3/b23-15-. The predicted octanol–water partition coefficient (Wildman–Crippen LogP) is 6.07. The number of aryl methyl sites for hydroxylation is 1. The van der Waals surface area contributed by atoms with Gasteiger partial charge in [0.15, 0.2) is 5.78 Å². The first-order chi connectivity index (χ1) is 15.0. The first kappa shape index (κ1) is 21.2. The summed E-state index contributed by atoms with van der Waals surface area (Å²) in [5.74, 6) is -0.695.